The number of aromatic amines is 1. The third-order valence-corrected chi connectivity index (χ3v) is 8.54. The predicted molar refractivity (Wildman–Crippen MR) is 172 cm³/mol. The molecule has 47 heavy (non-hydrogen) atoms. The van der Waals surface area contributed by atoms with Gasteiger partial charge in [0.25, 0.3) is 5.91 Å². The van der Waals surface area contributed by atoms with Crippen molar-refractivity contribution in [2.75, 3.05) is 33.9 Å². The molecule has 3 amide bonds. The average Bonchev–Trinajstić information content (AvgIpc) is 3.05. The number of likely N-dealkylation sites (tertiary alicyclic amines) is 1. The van der Waals surface area contributed by atoms with E-state index in [1.54, 1.807) is 50.1 Å². The molecular weight excluding hydrogens is 606 g/mol. The molecule has 3 aliphatic rings. The average molecular weight is 648 g/mol. The maximum Gasteiger partial charge on any atom is 0.345 e. The fourth-order valence-corrected chi connectivity index (χ4v) is 5.99. The molecule has 0 spiro atoms. The number of aromatic nitrogens is 2. The first-order valence-corrected chi connectivity index (χ1v) is 15.7. The van der Waals surface area contributed by atoms with Crippen molar-refractivity contribution in [2.45, 2.75) is 64.6 Å². The van der Waals surface area contributed by atoms with Crippen LogP contribution >= 0.6 is 0 Å². The molecule has 13 heteroatoms. The predicted octanol–water partition coefficient (Wildman–Crippen LogP) is 2.14. The van der Waals surface area contributed by atoms with Gasteiger partial charge in [-0.05, 0) is 62.1 Å². The highest BCUT2D eigenvalue weighted by atomic mass is 16.5. The van der Waals surface area contributed by atoms with Gasteiger partial charge in [0, 0.05) is 61.9 Å². The number of benzene rings is 2. The van der Waals surface area contributed by atoms with Crippen molar-refractivity contribution >= 4 is 17.7 Å². The van der Waals surface area contributed by atoms with Gasteiger partial charge in [0.15, 0.2) is 18.1 Å². The molecule has 0 radical (unpaired) electrons. The first-order chi connectivity index (χ1) is 22.6. The number of nitrogens with zero attached hydrogens (tertiary/aromatic N) is 2. The fourth-order valence-electron chi connectivity index (χ4n) is 5.99. The second-order valence-corrected chi connectivity index (χ2v) is 11.7. The van der Waals surface area contributed by atoms with Gasteiger partial charge in [0.2, 0.25) is 11.8 Å². The Labute approximate surface area is 273 Å². The summed E-state index contributed by atoms with van der Waals surface area (Å²) < 4.78 is 23.3. The fraction of sp³-hybridized carbons (Fsp3) is 0.441. The summed E-state index contributed by atoms with van der Waals surface area (Å²) in [5.74, 6) is 1.36. The summed E-state index contributed by atoms with van der Waals surface area (Å²) in [6.07, 6.45) is 1.38. The largest absolute Gasteiger partial charge is 0.496 e. The lowest BCUT2D eigenvalue weighted by Crippen LogP contribution is -2.58. The van der Waals surface area contributed by atoms with Gasteiger partial charge in [0.05, 0.1) is 20.3 Å². The molecule has 2 aromatic carbocycles. The van der Waals surface area contributed by atoms with Crippen LogP contribution in [-0.4, -0.2) is 78.7 Å². The van der Waals surface area contributed by atoms with Gasteiger partial charge in [0.1, 0.15) is 17.6 Å². The van der Waals surface area contributed by atoms with Crippen LogP contribution < -0.4 is 35.3 Å². The lowest BCUT2D eigenvalue weighted by Gasteiger charge is -2.39. The Hall–Kier alpha value is -5.07. The first kappa shape index (κ1) is 33.3. The highest BCUT2D eigenvalue weighted by molar-refractivity contribution is 5.79. The summed E-state index contributed by atoms with van der Waals surface area (Å²) >= 11 is 0. The number of amides is 3. The minimum absolute atomic E-state index is 0.0795. The Balaban J connectivity index is 1.36. The normalized spacial score (nSPS) is 18.7. The summed E-state index contributed by atoms with van der Waals surface area (Å²) in [5, 5.41) is 5.98. The van der Waals surface area contributed by atoms with E-state index in [0.29, 0.717) is 60.2 Å². The molecule has 6 rings (SSSR count). The number of carbonyl (C=O) groups is 3. The van der Waals surface area contributed by atoms with Crippen molar-refractivity contribution in [1.29, 1.82) is 0 Å². The molecule has 0 unspecified atom stereocenters. The Bertz CT molecular complexity index is 1660. The standard InChI is InChI=1S/C34H41N5O8/c1-20-25(21(2)37-34(43)36-20)9-12-33(42)39-14-13-27-26(18-39)38-32(41)19-46-30-15-22(5-10-28(30)44-3)6-11-31(40)35-17-23-7-8-24(47-27)16-29(23)45-4/h5,7-8,10,15-16,26-27H,6,9,11-14,17-19H2,1-4H3,(H,35,40)(H,38,41)(H,36,37,43)/t26-,27+/m1/s1. The molecule has 13 nitrogen and oxygen atoms in total. The number of carbonyl (C=O) groups excluding carboxylic acids is 3. The zero-order valence-electron chi connectivity index (χ0n) is 27.1. The Morgan fingerprint density at radius 1 is 1.02 bits per heavy atom. The lowest BCUT2D eigenvalue weighted by atomic mass is 10.00. The number of hydrogen-bond donors (Lipinski definition) is 3. The number of fused-ring (bicyclic) bond motifs is 9. The zero-order valence-corrected chi connectivity index (χ0v) is 27.1. The molecular formula is C34H41N5O8. The van der Waals surface area contributed by atoms with Crippen LogP contribution in [0.2, 0.25) is 0 Å². The molecule has 0 aliphatic carbocycles. The number of H-pyrrole nitrogens is 1. The second-order valence-electron chi connectivity index (χ2n) is 11.7. The van der Waals surface area contributed by atoms with Crippen molar-refractivity contribution < 1.29 is 33.3 Å². The maximum atomic E-state index is 13.4. The molecule has 4 bridgehead atoms. The Kier molecular flexibility index (Phi) is 10.6. The van der Waals surface area contributed by atoms with Gasteiger partial charge in [-0.3, -0.25) is 14.4 Å². The molecule has 4 heterocycles. The van der Waals surface area contributed by atoms with E-state index in [-0.39, 0.29) is 50.3 Å². The molecule has 250 valence electrons. The van der Waals surface area contributed by atoms with Crippen molar-refractivity contribution in [1.82, 2.24) is 25.5 Å². The maximum absolute atomic E-state index is 13.4. The van der Waals surface area contributed by atoms with Gasteiger partial charge in [-0.25, -0.2) is 4.79 Å². The van der Waals surface area contributed by atoms with Gasteiger partial charge >= 0.3 is 5.69 Å². The molecule has 1 fully saturated rings. The van der Waals surface area contributed by atoms with Crippen LogP contribution in [0, 0.1) is 13.8 Å². The van der Waals surface area contributed by atoms with Crippen molar-refractivity contribution in [3.05, 3.63) is 75.0 Å². The van der Waals surface area contributed by atoms with E-state index in [2.05, 4.69) is 20.6 Å². The number of aryl methyl sites for hydroxylation is 3. The SMILES string of the molecule is COc1cc2ccc1CNC(=O)CCc1ccc(OC)c(c1)OCC(=O)N[C@@H]1CN(C(=O)CCc3c(C)nc(=O)[nH]c3C)CC[C@@H]1O2. The van der Waals surface area contributed by atoms with Crippen LogP contribution in [0.4, 0.5) is 0 Å². The van der Waals surface area contributed by atoms with Gasteiger partial charge in [-0.15, -0.1) is 0 Å². The van der Waals surface area contributed by atoms with Crippen LogP contribution in [0.1, 0.15) is 47.3 Å². The highest BCUT2D eigenvalue weighted by Crippen LogP contribution is 2.30. The third-order valence-electron chi connectivity index (χ3n) is 8.54. The number of nitrogens with one attached hydrogen (secondary N) is 3. The third kappa shape index (κ3) is 8.40. The van der Waals surface area contributed by atoms with Gasteiger partial charge in [-0.1, -0.05) is 6.07 Å². The smallest absolute Gasteiger partial charge is 0.345 e. The van der Waals surface area contributed by atoms with Crippen LogP contribution in [0.15, 0.2) is 41.2 Å². The molecule has 3 aromatic rings. The molecule has 3 aliphatic heterocycles. The number of methoxy groups -OCH3 is 2. The number of hydrogen-bond acceptors (Lipinski definition) is 9. The van der Waals surface area contributed by atoms with Crippen molar-refractivity contribution in [3.8, 4) is 23.0 Å². The number of ether oxygens (including phenoxy) is 4. The Morgan fingerprint density at radius 2 is 1.83 bits per heavy atom. The summed E-state index contributed by atoms with van der Waals surface area (Å²) in [6.45, 7) is 4.21. The minimum atomic E-state index is -0.540. The molecule has 2 atom stereocenters. The summed E-state index contributed by atoms with van der Waals surface area (Å²) in [4.78, 5) is 59.4. The van der Waals surface area contributed by atoms with Crippen LogP contribution in [0.25, 0.3) is 0 Å². The highest BCUT2D eigenvalue weighted by Gasteiger charge is 2.34. The van der Waals surface area contributed by atoms with E-state index in [1.807, 2.05) is 12.1 Å². The van der Waals surface area contributed by atoms with Crippen LogP contribution in [-0.2, 0) is 33.8 Å². The molecule has 0 saturated carbocycles. The van der Waals surface area contributed by atoms with Crippen LogP contribution in [0.5, 0.6) is 23.0 Å². The van der Waals surface area contributed by atoms with Crippen molar-refractivity contribution in [2.24, 2.45) is 0 Å². The summed E-state index contributed by atoms with van der Waals surface area (Å²) in [7, 11) is 3.07. The lowest BCUT2D eigenvalue weighted by molar-refractivity contribution is -0.135. The topological polar surface area (TPSA) is 161 Å². The Morgan fingerprint density at radius 3 is 2.60 bits per heavy atom. The summed E-state index contributed by atoms with van der Waals surface area (Å²) in [5.41, 5.74) is 3.37. The number of rotatable bonds is 5. The van der Waals surface area contributed by atoms with E-state index in [0.717, 1.165) is 16.7 Å². The van der Waals surface area contributed by atoms with E-state index in [9.17, 15) is 19.2 Å². The van der Waals surface area contributed by atoms with Gasteiger partial charge in [-0.2, -0.15) is 4.98 Å². The second kappa shape index (κ2) is 15.0. The van der Waals surface area contributed by atoms with E-state index in [4.69, 9.17) is 18.9 Å². The zero-order chi connectivity index (χ0) is 33.5. The monoisotopic (exact) mass is 647 g/mol. The first-order valence-electron chi connectivity index (χ1n) is 15.7. The van der Waals surface area contributed by atoms with E-state index < -0.39 is 17.8 Å². The van der Waals surface area contributed by atoms with Gasteiger partial charge < -0.3 is 39.5 Å². The van der Waals surface area contributed by atoms with E-state index in [1.165, 1.54) is 7.11 Å². The van der Waals surface area contributed by atoms with Crippen LogP contribution in [0.3, 0.4) is 0 Å². The summed E-state index contributed by atoms with van der Waals surface area (Å²) in [6, 6.07) is 10.2. The molecule has 1 aromatic heterocycles. The van der Waals surface area contributed by atoms with Crippen molar-refractivity contribution in [3.63, 3.8) is 0 Å². The van der Waals surface area contributed by atoms with E-state index >= 15 is 0 Å². The minimum Gasteiger partial charge on any atom is -0.496 e. The number of piperidine rings is 1. The quantitative estimate of drug-likeness (QED) is 0.377. The molecule has 3 N–H and O–H groups in total. The molecule has 1 saturated heterocycles.